The Morgan fingerprint density at radius 1 is 1.04 bits per heavy atom. The predicted molar refractivity (Wildman–Crippen MR) is 103 cm³/mol. The van der Waals surface area contributed by atoms with E-state index in [-0.39, 0.29) is 63.9 Å². The zero-order chi connectivity index (χ0) is 18.4. The minimum Gasteiger partial charge on any atom is 1.00 e. The summed E-state index contributed by atoms with van der Waals surface area (Å²) in [6, 6.07) is 9.79. The second-order valence-corrected chi connectivity index (χ2v) is 4.87. The monoisotopic (exact) mass is 604 g/mol. The molecule has 4 nitrogen and oxygen atoms in total. The Balaban J connectivity index is -0.000000132. The molecule has 0 amide bonds. The van der Waals surface area contributed by atoms with Crippen LogP contribution in [0.5, 0.6) is 0 Å². The van der Waals surface area contributed by atoms with Crippen LogP contribution >= 0.6 is 47.0 Å². The van der Waals surface area contributed by atoms with Crippen molar-refractivity contribution in [2.24, 2.45) is 5.34 Å². The van der Waals surface area contributed by atoms with E-state index in [1.54, 1.807) is 18.2 Å². The summed E-state index contributed by atoms with van der Waals surface area (Å²) >= 11 is 9.55. The van der Waals surface area contributed by atoms with Gasteiger partial charge in [0.2, 0.25) is 0 Å². The van der Waals surface area contributed by atoms with E-state index in [2.05, 4.69) is 44.2 Å². The first-order chi connectivity index (χ1) is 10.8. The molecule has 0 aromatic heterocycles. The van der Waals surface area contributed by atoms with E-state index in [0.717, 1.165) is 16.5 Å². The van der Waals surface area contributed by atoms with Gasteiger partial charge in [0.1, 0.15) is 11.6 Å². The average molecular weight is 608 g/mol. The average Bonchev–Trinajstić information content (AvgIpc) is 2.51. The summed E-state index contributed by atoms with van der Waals surface area (Å²) in [6.45, 7) is 3.68. The molecular weight excluding hydrogens is 592 g/mol. The Labute approximate surface area is 202 Å². The fraction of sp³-hybridized carbons (Fsp3) is 0.143. The van der Waals surface area contributed by atoms with E-state index in [9.17, 15) is 8.78 Å². The Kier molecular flexibility index (Phi) is 27.5. The van der Waals surface area contributed by atoms with Gasteiger partial charge in [-0.25, -0.2) is 8.78 Å². The van der Waals surface area contributed by atoms with Crippen molar-refractivity contribution < 1.29 is 52.5 Å². The molecule has 0 atom stereocenters. The van der Waals surface area contributed by atoms with Gasteiger partial charge in [-0.15, -0.1) is 22.3 Å². The number of hydrogen-bond acceptors (Lipinski definition) is 4. The molecule has 2 rings (SSSR count). The van der Waals surface area contributed by atoms with Crippen molar-refractivity contribution in [1.29, 1.82) is 0 Å². The molecule has 25 heavy (non-hydrogen) atoms. The predicted octanol–water partition coefficient (Wildman–Crippen LogP) is 3.29. The van der Waals surface area contributed by atoms with Gasteiger partial charge >= 0.3 is 57.9 Å². The largest absolute Gasteiger partial charge is 1.00 e. The Morgan fingerprint density at radius 2 is 1.40 bits per heavy atom. The molecule has 0 radical (unpaired) electrons. The summed E-state index contributed by atoms with van der Waals surface area (Å²) < 4.78 is 25.5. The fourth-order valence-electron chi connectivity index (χ4n) is 1.23. The molecule has 11 heteroatoms. The van der Waals surface area contributed by atoms with E-state index >= 15 is 0 Å². The van der Waals surface area contributed by atoms with Crippen LogP contribution in [0.1, 0.15) is 11.1 Å². The van der Waals surface area contributed by atoms with Crippen LogP contribution in [0, 0.1) is 35.6 Å². The minimum atomic E-state index is -0.338. The number of anilines is 1. The topological polar surface area (TPSA) is 78.5 Å². The number of rotatable bonds is 0. The molecule has 0 aliphatic carbocycles. The summed E-state index contributed by atoms with van der Waals surface area (Å²) in [7, 11) is 0. The maximum Gasteiger partial charge on any atom is 1.00 e. The first kappa shape index (κ1) is 33.1. The number of hydrogen-bond donors (Lipinski definition) is 1. The Hall–Kier alpha value is 0.459. The van der Waals surface area contributed by atoms with Crippen LogP contribution in [-0.4, -0.2) is 0 Å². The Morgan fingerprint density at radius 3 is 1.68 bits per heavy atom. The standard InChI is InChI=1S/C7H6BrF.C7H8FN.2BrH.Cu.HNO2.Na/c1-5-2-3-6(8)7(9)4-5;1-5-2-3-7(9)6(8)4-5;;;;2-1-3;/h2-4H,1H3;2-4H,9H2,1H3;2*1H;;(H,2,3);/q;;;;+1;;+1/p-2. The number of nitrogens with zero attached hydrogens (tertiary/aromatic N) is 1. The molecule has 0 saturated heterocycles. The van der Waals surface area contributed by atoms with Crippen LogP contribution in [0.25, 0.3) is 0 Å². The van der Waals surface area contributed by atoms with Gasteiger partial charge in [-0.2, -0.15) is 0 Å². The van der Waals surface area contributed by atoms with E-state index in [4.69, 9.17) is 15.8 Å². The summed E-state index contributed by atoms with van der Waals surface area (Å²) in [5.41, 5.74) is 7.25. The number of nitrogens with two attached hydrogens (primary N) is 1. The number of nitrogen functional groups attached to an aromatic ring is 1. The molecule has 0 fully saturated rings. The molecule has 0 aliphatic heterocycles. The van der Waals surface area contributed by atoms with Crippen LogP contribution in [0.3, 0.4) is 0 Å². The second-order valence-electron chi connectivity index (χ2n) is 4.02. The summed E-state index contributed by atoms with van der Waals surface area (Å²) in [5.74, 6) is -0.537. The van der Waals surface area contributed by atoms with E-state index in [1.165, 1.54) is 12.1 Å². The normalized spacial score (nSPS) is 7.68. The van der Waals surface area contributed by atoms with Crippen molar-refractivity contribution in [3.05, 3.63) is 73.7 Å². The van der Waals surface area contributed by atoms with Gasteiger partial charge in [-0.3, -0.25) is 0 Å². The van der Waals surface area contributed by atoms with Crippen LogP contribution in [0.2, 0.25) is 0 Å². The van der Waals surface area contributed by atoms with Crippen molar-refractivity contribution in [2.45, 2.75) is 13.8 Å². The molecule has 0 unspecified atom stereocenters. The second kappa shape index (κ2) is 20.8. The molecule has 2 aromatic carbocycles. The quantitative estimate of drug-likeness (QED) is 0.216. The molecule has 0 bridgehead atoms. The van der Waals surface area contributed by atoms with Gasteiger partial charge in [-0.05, 0) is 65.2 Å². The Bertz CT molecular complexity index is 565. The van der Waals surface area contributed by atoms with Gasteiger partial charge in [0.15, 0.2) is 0 Å². The number of aryl methyl sites for hydroxylation is 2. The van der Waals surface area contributed by atoms with E-state index < -0.39 is 0 Å². The van der Waals surface area contributed by atoms with Gasteiger partial charge in [0.05, 0.1) is 10.2 Å². The minimum absolute atomic E-state index is 0. The van der Waals surface area contributed by atoms with E-state index in [0.29, 0.717) is 4.47 Å². The third kappa shape index (κ3) is 17.6. The van der Waals surface area contributed by atoms with Crippen LogP contribution in [0.15, 0.2) is 46.2 Å². The zero-order valence-corrected chi connectivity index (χ0v) is 21.4. The molecule has 2 aromatic rings. The third-order valence-electron chi connectivity index (χ3n) is 2.23. The fourth-order valence-corrected chi connectivity index (χ4v) is 1.48. The first-order valence-electron chi connectivity index (χ1n) is 5.81. The smallest absolute Gasteiger partial charge is 1.00 e. The van der Waals surface area contributed by atoms with Gasteiger partial charge in [0, 0.05) is 0 Å². The molecular formula is C14H15Br3CuF2N2NaO2. The summed E-state index contributed by atoms with van der Waals surface area (Å²) in [5, 5.41) is 9.00. The number of benzene rings is 2. The van der Waals surface area contributed by atoms with Gasteiger partial charge in [-0.1, -0.05) is 12.1 Å². The van der Waals surface area contributed by atoms with E-state index in [1.807, 2.05) is 19.9 Å². The van der Waals surface area contributed by atoms with Crippen LogP contribution < -0.4 is 35.3 Å². The SMILES string of the molecule is Br.Cc1ccc(Br)c(F)c1.Cc1ccc(N)c(F)c1.O=N[O-].[Cu][Br].[Na+]. The summed E-state index contributed by atoms with van der Waals surface area (Å²) in [6.07, 6.45) is 0. The molecule has 0 saturated carbocycles. The van der Waals surface area contributed by atoms with Gasteiger partial charge in [0.25, 0.3) is 0 Å². The molecule has 2 N–H and O–H groups in total. The van der Waals surface area contributed by atoms with Crippen molar-refractivity contribution in [2.75, 3.05) is 5.73 Å². The van der Waals surface area contributed by atoms with Crippen molar-refractivity contribution in [1.82, 2.24) is 0 Å². The molecule has 140 valence electrons. The molecule has 0 spiro atoms. The van der Waals surface area contributed by atoms with Crippen molar-refractivity contribution >= 4 is 52.7 Å². The maximum absolute atomic E-state index is 12.5. The van der Waals surface area contributed by atoms with Gasteiger partial charge < -0.3 is 15.8 Å². The first-order valence-corrected chi connectivity index (χ1v) is 8.93. The maximum atomic E-state index is 12.5. The third-order valence-corrected chi connectivity index (χ3v) is 2.87. The van der Waals surface area contributed by atoms with Crippen molar-refractivity contribution in [3.8, 4) is 0 Å². The summed E-state index contributed by atoms with van der Waals surface area (Å²) in [4.78, 5) is 8.00. The number of halogens is 5. The van der Waals surface area contributed by atoms with Crippen molar-refractivity contribution in [3.63, 3.8) is 0 Å². The zero-order valence-electron chi connectivity index (χ0n) is 13.5. The van der Waals surface area contributed by atoms with Crippen LogP contribution in [0.4, 0.5) is 14.5 Å². The molecule has 0 heterocycles. The molecule has 0 aliphatic rings. The van der Waals surface area contributed by atoms with Crippen LogP contribution in [-0.2, 0) is 14.2 Å².